The van der Waals surface area contributed by atoms with Gasteiger partial charge in [0, 0.05) is 13.2 Å². The summed E-state index contributed by atoms with van der Waals surface area (Å²) in [5, 5.41) is 4.73. The Labute approximate surface area is 142 Å². The van der Waals surface area contributed by atoms with Crippen molar-refractivity contribution in [2.45, 2.75) is 6.10 Å². The Kier molecular flexibility index (Phi) is 3.61. The fourth-order valence-electron chi connectivity index (χ4n) is 2.63. The lowest BCUT2D eigenvalue weighted by Gasteiger charge is -2.37. The van der Waals surface area contributed by atoms with E-state index in [1.54, 1.807) is 36.0 Å². The van der Waals surface area contributed by atoms with E-state index in [2.05, 4.69) is 10.1 Å². The first kappa shape index (κ1) is 14.9. The van der Waals surface area contributed by atoms with Gasteiger partial charge < -0.3 is 14.4 Å². The summed E-state index contributed by atoms with van der Waals surface area (Å²) in [6, 6.07) is 7.51. The van der Waals surface area contributed by atoms with Crippen molar-refractivity contribution in [1.29, 1.82) is 0 Å². The van der Waals surface area contributed by atoms with E-state index in [0.717, 1.165) is 16.0 Å². The Morgan fingerprint density at radius 1 is 1.33 bits per heavy atom. The standard InChI is InChI=1S/C16H16N4O3S/c1-19-7-6-11(18-19)15(21)20-8-10(9-20)23-16-17-14-12(22-2)4-3-5-13(14)24-16/h3-7,10H,8-9H2,1-2H3. The van der Waals surface area contributed by atoms with Crippen LogP contribution >= 0.6 is 11.3 Å². The van der Waals surface area contributed by atoms with Gasteiger partial charge in [-0.05, 0) is 18.2 Å². The third-order valence-electron chi connectivity index (χ3n) is 3.92. The molecule has 0 spiro atoms. The molecule has 1 aliphatic heterocycles. The Morgan fingerprint density at radius 3 is 2.88 bits per heavy atom. The fourth-order valence-corrected chi connectivity index (χ4v) is 3.53. The van der Waals surface area contributed by atoms with Crippen LogP contribution in [0.2, 0.25) is 0 Å². The van der Waals surface area contributed by atoms with E-state index in [4.69, 9.17) is 9.47 Å². The molecule has 7 nitrogen and oxygen atoms in total. The highest BCUT2D eigenvalue weighted by atomic mass is 32.1. The molecule has 3 aromatic rings. The number of aryl methyl sites for hydroxylation is 1. The summed E-state index contributed by atoms with van der Waals surface area (Å²) in [6.07, 6.45) is 1.72. The molecule has 1 amide bonds. The van der Waals surface area contributed by atoms with Crippen molar-refractivity contribution in [1.82, 2.24) is 19.7 Å². The van der Waals surface area contributed by atoms with Crippen molar-refractivity contribution in [2.75, 3.05) is 20.2 Å². The monoisotopic (exact) mass is 344 g/mol. The number of thiazole rings is 1. The van der Waals surface area contributed by atoms with Crippen LogP contribution in [0.25, 0.3) is 10.2 Å². The van der Waals surface area contributed by atoms with E-state index in [1.165, 1.54) is 11.3 Å². The second-order valence-corrected chi connectivity index (χ2v) is 6.60. The van der Waals surface area contributed by atoms with Gasteiger partial charge in [0.25, 0.3) is 11.1 Å². The van der Waals surface area contributed by atoms with E-state index in [0.29, 0.717) is 24.0 Å². The lowest BCUT2D eigenvalue weighted by molar-refractivity contribution is 0.0173. The zero-order valence-corrected chi connectivity index (χ0v) is 14.1. The van der Waals surface area contributed by atoms with Crippen LogP contribution < -0.4 is 9.47 Å². The topological polar surface area (TPSA) is 69.5 Å². The van der Waals surface area contributed by atoms with Gasteiger partial charge in [-0.15, -0.1) is 0 Å². The van der Waals surface area contributed by atoms with Crippen molar-refractivity contribution >= 4 is 27.5 Å². The molecule has 2 aromatic heterocycles. The molecule has 0 aliphatic carbocycles. The second-order valence-electron chi connectivity index (χ2n) is 5.61. The van der Waals surface area contributed by atoms with E-state index in [1.807, 2.05) is 18.2 Å². The molecular formula is C16H16N4O3S. The molecule has 0 atom stereocenters. The Balaban J connectivity index is 1.40. The molecule has 0 N–H and O–H groups in total. The summed E-state index contributed by atoms with van der Waals surface area (Å²) in [7, 11) is 3.42. The lowest BCUT2D eigenvalue weighted by Crippen LogP contribution is -2.56. The first-order valence-electron chi connectivity index (χ1n) is 7.53. The Hall–Kier alpha value is -2.61. The summed E-state index contributed by atoms with van der Waals surface area (Å²) in [5.41, 5.74) is 1.27. The maximum absolute atomic E-state index is 12.2. The number of carbonyl (C=O) groups is 1. The molecule has 4 rings (SSSR count). The largest absolute Gasteiger partial charge is 0.494 e. The van der Waals surface area contributed by atoms with Gasteiger partial charge in [-0.2, -0.15) is 10.1 Å². The highest BCUT2D eigenvalue weighted by Gasteiger charge is 2.34. The van der Waals surface area contributed by atoms with E-state index in [9.17, 15) is 4.79 Å². The fraction of sp³-hybridized carbons (Fsp3) is 0.312. The summed E-state index contributed by atoms with van der Waals surface area (Å²) in [4.78, 5) is 18.4. The third kappa shape index (κ3) is 2.58. The molecule has 1 saturated heterocycles. The number of hydrogen-bond donors (Lipinski definition) is 0. The van der Waals surface area contributed by atoms with Crippen LogP contribution in [0.1, 0.15) is 10.5 Å². The highest BCUT2D eigenvalue weighted by Crippen LogP contribution is 2.34. The zero-order chi connectivity index (χ0) is 16.7. The number of benzene rings is 1. The first-order chi connectivity index (χ1) is 11.6. The van der Waals surface area contributed by atoms with Gasteiger partial charge in [-0.25, -0.2) is 0 Å². The van der Waals surface area contributed by atoms with Crippen LogP contribution in [0.4, 0.5) is 0 Å². The molecular weight excluding hydrogens is 328 g/mol. The van der Waals surface area contributed by atoms with Crippen LogP contribution in [-0.2, 0) is 7.05 Å². The van der Waals surface area contributed by atoms with Gasteiger partial charge >= 0.3 is 0 Å². The van der Waals surface area contributed by atoms with Gasteiger partial charge in [0.05, 0.1) is 24.9 Å². The number of likely N-dealkylation sites (tertiary alicyclic amines) is 1. The molecule has 0 bridgehead atoms. The molecule has 0 unspecified atom stereocenters. The van der Waals surface area contributed by atoms with Crippen LogP contribution in [0.3, 0.4) is 0 Å². The number of rotatable bonds is 4. The lowest BCUT2D eigenvalue weighted by atomic mass is 10.1. The van der Waals surface area contributed by atoms with Crippen LogP contribution in [0.15, 0.2) is 30.5 Å². The number of ether oxygens (including phenoxy) is 2. The number of nitrogens with zero attached hydrogens (tertiary/aromatic N) is 4. The Bertz CT molecular complexity index is 898. The number of hydrogen-bond acceptors (Lipinski definition) is 6. The first-order valence-corrected chi connectivity index (χ1v) is 8.35. The maximum Gasteiger partial charge on any atom is 0.274 e. The van der Waals surface area contributed by atoms with Crippen LogP contribution in [-0.4, -0.2) is 51.9 Å². The van der Waals surface area contributed by atoms with E-state index >= 15 is 0 Å². The minimum Gasteiger partial charge on any atom is -0.494 e. The number of para-hydroxylation sites is 1. The summed E-state index contributed by atoms with van der Waals surface area (Å²) >= 11 is 1.48. The van der Waals surface area contributed by atoms with Crippen molar-refractivity contribution in [3.8, 4) is 10.9 Å². The normalized spacial score (nSPS) is 14.7. The average molecular weight is 344 g/mol. The SMILES string of the molecule is COc1cccc2sc(OC3CN(C(=O)c4ccn(C)n4)C3)nc12. The second kappa shape index (κ2) is 5.79. The molecule has 8 heteroatoms. The van der Waals surface area contributed by atoms with Gasteiger partial charge in [0.15, 0.2) is 0 Å². The predicted octanol–water partition coefficient (Wildman–Crippen LogP) is 1.94. The number of aromatic nitrogens is 3. The summed E-state index contributed by atoms with van der Waals surface area (Å²) in [5.74, 6) is 0.667. The average Bonchev–Trinajstić information content (AvgIpc) is 3.15. The molecule has 3 heterocycles. The van der Waals surface area contributed by atoms with E-state index in [-0.39, 0.29) is 12.0 Å². The highest BCUT2D eigenvalue weighted by molar-refractivity contribution is 7.20. The molecule has 1 fully saturated rings. The Morgan fingerprint density at radius 2 is 2.17 bits per heavy atom. The number of fused-ring (bicyclic) bond motifs is 1. The third-order valence-corrected chi connectivity index (χ3v) is 4.83. The van der Waals surface area contributed by atoms with Crippen molar-refractivity contribution in [2.24, 2.45) is 7.05 Å². The molecule has 1 aromatic carbocycles. The smallest absolute Gasteiger partial charge is 0.274 e. The van der Waals surface area contributed by atoms with Crippen LogP contribution in [0.5, 0.6) is 10.9 Å². The van der Waals surface area contributed by atoms with Crippen molar-refractivity contribution in [3.05, 3.63) is 36.2 Å². The quantitative estimate of drug-likeness (QED) is 0.723. The molecule has 24 heavy (non-hydrogen) atoms. The minimum absolute atomic E-state index is 0.0378. The van der Waals surface area contributed by atoms with Crippen molar-refractivity contribution in [3.63, 3.8) is 0 Å². The minimum atomic E-state index is -0.0681. The molecule has 124 valence electrons. The molecule has 0 radical (unpaired) electrons. The molecule has 0 saturated carbocycles. The number of amides is 1. The van der Waals surface area contributed by atoms with Gasteiger partial charge in [-0.1, -0.05) is 17.4 Å². The summed E-state index contributed by atoms with van der Waals surface area (Å²) < 4.78 is 13.8. The van der Waals surface area contributed by atoms with Gasteiger partial charge in [-0.3, -0.25) is 9.48 Å². The van der Waals surface area contributed by atoms with E-state index < -0.39 is 0 Å². The van der Waals surface area contributed by atoms with Gasteiger partial charge in [0.2, 0.25) is 0 Å². The zero-order valence-electron chi connectivity index (χ0n) is 13.3. The van der Waals surface area contributed by atoms with Crippen LogP contribution in [0, 0.1) is 0 Å². The maximum atomic E-state index is 12.2. The number of methoxy groups -OCH3 is 1. The summed E-state index contributed by atoms with van der Waals surface area (Å²) in [6.45, 7) is 1.09. The molecule has 1 aliphatic rings. The predicted molar refractivity (Wildman–Crippen MR) is 89.7 cm³/mol. The number of carbonyl (C=O) groups excluding carboxylic acids is 1. The van der Waals surface area contributed by atoms with Crippen molar-refractivity contribution < 1.29 is 14.3 Å². The van der Waals surface area contributed by atoms with Gasteiger partial charge in [0.1, 0.15) is 23.1 Å².